The van der Waals surface area contributed by atoms with Crippen molar-refractivity contribution in [3.63, 3.8) is 0 Å². The zero-order valence-corrected chi connectivity index (χ0v) is 19.3. The fourth-order valence-electron chi connectivity index (χ4n) is 4.49. The summed E-state index contributed by atoms with van der Waals surface area (Å²) >= 11 is 0. The third-order valence-electron chi connectivity index (χ3n) is 6.19. The first-order valence-corrected chi connectivity index (χ1v) is 11.4. The summed E-state index contributed by atoms with van der Waals surface area (Å²) in [7, 11) is 3.57. The lowest BCUT2D eigenvalue weighted by Crippen LogP contribution is -2.40. The second-order valence-corrected chi connectivity index (χ2v) is 8.31. The predicted molar refractivity (Wildman–Crippen MR) is 132 cm³/mol. The molecule has 0 spiro atoms. The van der Waals surface area contributed by atoms with Crippen LogP contribution < -0.4 is 20.3 Å². The van der Waals surface area contributed by atoms with Crippen molar-refractivity contribution in [2.45, 2.75) is 26.3 Å². The summed E-state index contributed by atoms with van der Waals surface area (Å²) in [6, 6.07) is 16.6. The van der Waals surface area contributed by atoms with Crippen LogP contribution in [0.25, 0.3) is 11.0 Å². The first kappa shape index (κ1) is 22.0. The van der Waals surface area contributed by atoms with E-state index in [4.69, 9.17) is 4.74 Å². The molecular weight excluding hydrogens is 400 g/mol. The van der Waals surface area contributed by atoms with Gasteiger partial charge in [0.25, 0.3) is 0 Å². The van der Waals surface area contributed by atoms with Crippen molar-refractivity contribution in [1.82, 2.24) is 20.2 Å². The van der Waals surface area contributed by atoms with Crippen molar-refractivity contribution in [3.05, 3.63) is 54.4 Å². The van der Waals surface area contributed by atoms with Crippen molar-refractivity contribution in [2.75, 3.05) is 45.2 Å². The smallest absolute Gasteiger partial charge is 0.190 e. The second kappa shape index (κ2) is 10.4. The van der Waals surface area contributed by atoms with Gasteiger partial charge in [0, 0.05) is 39.8 Å². The SMILES string of the molecule is CN=C(NCCCn1c(C)nc2ccccc21)NCC1CCN(c2ccccc2OC)C1. The van der Waals surface area contributed by atoms with Gasteiger partial charge in [-0.2, -0.15) is 0 Å². The highest BCUT2D eigenvalue weighted by atomic mass is 16.5. The molecule has 7 heteroatoms. The molecule has 2 heterocycles. The summed E-state index contributed by atoms with van der Waals surface area (Å²) in [4.78, 5) is 11.5. The summed E-state index contributed by atoms with van der Waals surface area (Å²) in [5, 5.41) is 6.96. The van der Waals surface area contributed by atoms with Crippen LogP contribution >= 0.6 is 0 Å². The molecule has 2 aromatic carbocycles. The van der Waals surface area contributed by atoms with Crippen molar-refractivity contribution >= 4 is 22.7 Å². The molecule has 0 amide bonds. The van der Waals surface area contributed by atoms with Gasteiger partial charge in [-0.05, 0) is 49.9 Å². The normalized spacial score (nSPS) is 16.5. The lowest BCUT2D eigenvalue weighted by atomic mass is 10.1. The molecule has 2 N–H and O–H groups in total. The number of aromatic nitrogens is 2. The highest BCUT2D eigenvalue weighted by Gasteiger charge is 2.24. The number of fused-ring (bicyclic) bond motifs is 1. The number of rotatable bonds is 8. The number of hydrogen-bond acceptors (Lipinski definition) is 4. The zero-order valence-electron chi connectivity index (χ0n) is 19.3. The maximum atomic E-state index is 5.53. The Morgan fingerprint density at radius 1 is 1.16 bits per heavy atom. The molecule has 0 bridgehead atoms. The number of aryl methyl sites for hydroxylation is 2. The van der Waals surface area contributed by atoms with Crippen LogP contribution in [0.2, 0.25) is 0 Å². The molecule has 1 unspecified atom stereocenters. The molecular formula is C25H34N6O. The Hall–Kier alpha value is -3.22. The fraction of sp³-hybridized carbons (Fsp3) is 0.440. The number of methoxy groups -OCH3 is 1. The Kier molecular flexibility index (Phi) is 7.14. The molecule has 4 rings (SSSR count). The molecule has 0 saturated carbocycles. The number of hydrogen-bond donors (Lipinski definition) is 2. The third kappa shape index (κ3) is 4.98. The highest BCUT2D eigenvalue weighted by Crippen LogP contribution is 2.31. The van der Waals surface area contributed by atoms with Gasteiger partial charge < -0.3 is 24.8 Å². The number of nitrogens with one attached hydrogen (secondary N) is 2. The van der Waals surface area contributed by atoms with Crippen LogP contribution in [0.5, 0.6) is 5.75 Å². The van der Waals surface area contributed by atoms with Crippen LogP contribution in [0.1, 0.15) is 18.7 Å². The van der Waals surface area contributed by atoms with Gasteiger partial charge in [0.15, 0.2) is 5.96 Å². The lowest BCUT2D eigenvalue weighted by Gasteiger charge is -2.21. The molecule has 1 aromatic heterocycles. The number of aliphatic imine (C=N–C) groups is 1. The third-order valence-corrected chi connectivity index (χ3v) is 6.19. The van der Waals surface area contributed by atoms with Crippen LogP contribution in [0, 0.1) is 12.8 Å². The first-order valence-electron chi connectivity index (χ1n) is 11.4. The average molecular weight is 435 g/mol. The molecule has 1 aliphatic rings. The van der Waals surface area contributed by atoms with E-state index >= 15 is 0 Å². The number of imidazole rings is 1. The number of para-hydroxylation sites is 4. The van der Waals surface area contributed by atoms with Crippen LogP contribution in [0.15, 0.2) is 53.5 Å². The highest BCUT2D eigenvalue weighted by molar-refractivity contribution is 5.79. The molecule has 1 atom stereocenters. The van der Waals surface area contributed by atoms with E-state index in [1.54, 1.807) is 7.11 Å². The van der Waals surface area contributed by atoms with Crippen LogP contribution in [-0.4, -0.2) is 55.8 Å². The monoisotopic (exact) mass is 434 g/mol. The Morgan fingerprint density at radius 2 is 1.97 bits per heavy atom. The Morgan fingerprint density at radius 3 is 2.81 bits per heavy atom. The largest absolute Gasteiger partial charge is 0.495 e. The summed E-state index contributed by atoms with van der Waals surface area (Å²) in [5.74, 6) is 3.46. The molecule has 1 aliphatic heterocycles. The van der Waals surface area contributed by atoms with Crippen LogP contribution in [-0.2, 0) is 6.54 Å². The van der Waals surface area contributed by atoms with Gasteiger partial charge in [-0.3, -0.25) is 4.99 Å². The van der Waals surface area contributed by atoms with E-state index in [1.807, 2.05) is 25.2 Å². The molecule has 1 saturated heterocycles. The fourth-order valence-corrected chi connectivity index (χ4v) is 4.49. The first-order chi connectivity index (χ1) is 15.7. The Bertz CT molecular complexity index is 1060. The summed E-state index contributed by atoms with van der Waals surface area (Å²) < 4.78 is 7.82. The number of nitrogens with zero attached hydrogens (tertiary/aromatic N) is 4. The van der Waals surface area contributed by atoms with Gasteiger partial charge in [0.05, 0.1) is 23.8 Å². The molecule has 0 aliphatic carbocycles. The number of guanidine groups is 1. The quantitative estimate of drug-likeness (QED) is 0.323. The van der Waals surface area contributed by atoms with E-state index in [2.05, 4.69) is 67.3 Å². The van der Waals surface area contributed by atoms with E-state index in [-0.39, 0.29) is 0 Å². The van der Waals surface area contributed by atoms with Crippen molar-refractivity contribution < 1.29 is 4.74 Å². The summed E-state index contributed by atoms with van der Waals surface area (Å²) in [6.07, 6.45) is 2.17. The second-order valence-electron chi connectivity index (χ2n) is 8.31. The summed E-state index contributed by atoms with van der Waals surface area (Å²) in [5.41, 5.74) is 3.45. The zero-order chi connectivity index (χ0) is 22.3. The molecule has 1 fully saturated rings. The van der Waals surface area contributed by atoms with Gasteiger partial charge in [-0.1, -0.05) is 24.3 Å². The van der Waals surface area contributed by atoms with Gasteiger partial charge in [-0.15, -0.1) is 0 Å². The van der Waals surface area contributed by atoms with E-state index in [1.165, 1.54) is 11.2 Å². The minimum Gasteiger partial charge on any atom is -0.495 e. The Labute approximate surface area is 190 Å². The van der Waals surface area contributed by atoms with E-state index < -0.39 is 0 Å². The van der Waals surface area contributed by atoms with Gasteiger partial charge in [0.1, 0.15) is 11.6 Å². The molecule has 170 valence electrons. The minimum atomic E-state index is 0.582. The van der Waals surface area contributed by atoms with Crippen LogP contribution in [0.3, 0.4) is 0 Å². The Balaban J connectivity index is 1.21. The van der Waals surface area contributed by atoms with E-state index in [0.29, 0.717) is 5.92 Å². The van der Waals surface area contributed by atoms with Gasteiger partial charge >= 0.3 is 0 Å². The molecule has 0 radical (unpaired) electrons. The number of benzene rings is 2. The van der Waals surface area contributed by atoms with Gasteiger partial charge in [0.2, 0.25) is 0 Å². The van der Waals surface area contributed by atoms with E-state index in [9.17, 15) is 0 Å². The van der Waals surface area contributed by atoms with Crippen LogP contribution in [0.4, 0.5) is 5.69 Å². The van der Waals surface area contributed by atoms with Crippen molar-refractivity contribution in [1.29, 1.82) is 0 Å². The number of ether oxygens (including phenoxy) is 1. The molecule has 32 heavy (non-hydrogen) atoms. The van der Waals surface area contributed by atoms with Gasteiger partial charge in [-0.25, -0.2) is 4.98 Å². The maximum absolute atomic E-state index is 5.53. The summed E-state index contributed by atoms with van der Waals surface area (Å²) in [6.45, 7) is 6.87. The lowest BCUT2D eigenvalue weighted by molar-refractivity contribution is 0.414. The molecule has 3 aromatic rings. The average Bonchev–Trinajstić information content (AvgIpc) is 3.42. The number of anilines is 1. The standard InChI is InChI=1S/C25H34N6O/c1-19-29-21-9-4-5-10-22(21)31(19)15-8-14-27-25(26-2)28-17-20-13-16-30(18-20)23-11-6-7-12-24(23)32-3/h4-7,9-12,20H,8,13-18H2,1-3H3,(H2,26,27,28). The van der Waals surface area contributed by atoms with Crippen molar-refractivity contribution in [3.8, 4) is 5.75 Å². The maximum Gasteiger partial charge on any atom is 0.190 e. The topological polar surface area (TPSA) is 66.7 Å². The molecule has 7 nitrogen and oxygen atoms in total. The van der Waals surface area contributed by atoms with Crippen molar-refractivity contribution in [2.24, 2.45) is 10.9 Å². The predicted octanol–water partition coefficient (Wildman–Crippen LogP) is 3.43. The van der Waals surface area contributed by atoms with E-state index in [0.717, 1.165) is 68.6 Å². The minimum absolute atomic E-state index is 0.582.